The van der Waals surface area contributed by atoms with Gasteiger partial charge in [-0.15, -0.1) is 0 Å². The van der Waals surface area contributed by atoms with Crippen molar-refractivity contribution in [1.29, 1.82) is 0 Å². The lowest BCUT2D eigenvalue weighted by molar-refractivity contribution is 0.0374. The molecule has 6 heteroatoms. The molecule has 144 valence electrons. The van der Waals surface area contributed by atoms with Crippen LogP contribution >= 0.6 is 0 Å². The first-order chi connectivity index (χ1) is 13.8. The van der Waals surface area contributed by atoms with Gasteiger partial charge in [-0.25, -0.2) is 4.98 Å². The van der Waals surface area contributed by atoms with Crippen molar-refractivity contribution >= 4 is 16.8 Å². The molecule has 1 amide bonds. The average Bonchev–Trinajstić information content (AvgIpc) is 2.77. The highest BCUT2D eigenvalue weighted by molar-refractivity contribution is 6.07. The van der Waals surface area contributed by atoms with E-state index < -0.39 is 0 Å². The summed E-state index contributed by atoms with van der Waals surface area (Å²) in [7, 11) is 0. The van der Waals surface area contributed by atoms with E-state index in [2.05, 4.69) is 15.2 Å². The van der Waals surface area contributed by atoms with Gasteiger partial charge in [-0.1, -0.05) is 18.2 Å². The monoisotopic (exact) mass is 376 g/mol. The number of pyridine rings is 2. The molecule has 0 spiro atoms. The Morgan fingerprint density at radius 2 is 1.89 bits per heavy atom. The van der Waals surface area contributed by atoms with Gasteiger partial charge < -0.3 is 10.1 Å². The molecule has 2 aromatic heterocycles. The fourth-order valence-corrected chi connectivity index (χ4v) is 3.46. The predicted molar refractivity (Wildman–Crippen MR) is 109 cm³/mol. The molecular weight excluding hydrogens is 352 g/mol. The quantitative estimate of drug-likeness (QED) is 0.670. The smallest absolute Gasteiger partial charge is 0.252 e. The molecule has 3 aromatic rings. The number of fused-ring (bicyclic) bond motifs is 1. The lowest BCUT2D eigenvalue weighted by Crippen LogP contribution is -2.38. The van der Waals surface area contributed by atoms with E-state index in [0.717, 1.165) is 61.4 Å². The number of amides is 1. The minimum Gasteiger partial charge on any atom is -0.379 e. The normalized spacial score (nSPS) is 14.9. The van der Waals surface area contributed by atoms with Crippen molar-refractivity contribution in [2.24, 2.45) is 0 Å². The number of aromatic nitrogens is 2. The second kappa shape index (κ2) is 8.91. The van der Waals surface area contributed by atoms with Crippen molar-refractivity contribution in [1.82, 2.24) is 20.2 Å². The van der Waals surface area contributed by atoms with Crippen LogP contribution in [-0.4, -0.2) is 60.2 Å². The Bertz CT molecular complexity index is 940. The number of benzene rings is 1. The summed E-state index contributed by atoms with van der Waals surface area (Å²) in [5.41, 5.74) is 3.20. The van der Waals surface area contributed by atoms with Crippen molar-refractivity contribution < 1.29 is 9.53 Å². The van der Waals surface area contributed by atoms with Crippen LogP contribution in [0.3, 0.4) is 0 Å². The highest BCUT2D eigenvalue weighted by Gasteiger charge is 2.14. The molecule has 1 aliphatic heterocycles. The summed E-state index contributed by atoms with van der Waals surface area (Å²) in [6.07, 6.45) is 4.39. The summed E-state index contributed by atoms with van der Waals surface area (Å²) in [4.78, 5) is 24.1. The molecule has 6 nitrogen and oxygen atoms in total. The number of carbonyl (C=O) groups excluding carboxylic acids is 1. The third kappa shape index (κ3) is 4.35. The molecule has 1 N–H and O–H groups in total. The first kappa shape index (κ1) is 18.5. The average molecular weight is 376 g/mol. The van der Waals surface area contributed by atoms with Gasteiger partial charge in [0.2, 0.25) is 0 Å². The van der Waals surface area contributed by atoms with E-state index >= 15 is 0 Å². The molecule has 0 aliphatic carbocycles. The zero-order valence-corrected chi connectivity index (χ0v) is 15.8. The fourth-order valence-electron chi connectivity index (χ4n) is 3.46. The number of para-hydroxylation sites is 1. The topological polar surface area (TPSA) is 67.4 Å². The third-order valence-corrected chi connectivity index (χ3v) is 4.98. The van der Waals surface area contributed by atoms with E-state index in [4.69, 9.17) is 9.72 Å². The van der Waals surface area contributed by atoms with E-state index in [-0.39, 0.29) is 5.91 Å². The maximum absolute atomic E-state index is 12.9. The largest absolute Gasteiger partial charge is 0.379 e. The van der Waals surface area contributed by atoms with Crippen LogP contribution in [0.15, 0.2) is 54.9 Å². The standard InChI is InChI=1S/C22H24N4O2/c27-22(24-8-3-11-26-12-14-28-15-13-26)19-16-21(17-6-9-23-10-7-17)25-20-5-2-1-4-18(19)20/h1-2,4-7,9-10,16H,3,8,11-15H2,(H,24,27). The molecule has 0 saturated carbocycles. The number of nitrogens with zero attached hydrogens (tertiary/aromatic N) is 3. The van der Waals surface area contributed by atoms with Gasteiger partial charge in [0.05, 0.1) is 30.0 Å². The molecular formula is C22H24N4O2. The molecule has 0 unspecified atom stereocenters. The van der Waals surface area contributed by atoms with E-state index in [0.29, 0.717) is 12.1 Å². The van der Waals surface area contributed by atoms with Crippen LogP contribution in [0.4, 0.5) is 0 Å². The first-order valence-electron chi connectivity index (χ1n) is 9.70. The summed E-state index contributed by atoms with van der Waals surface area (Å²) >= 11 is 0. The Kier molecular flexibility index (Phi) is 5.89. The van der Waals surface area contributed by atoms with Crippen LogP contribution < -0.4 is 5.32 Å². The maximum Gasteiger partial charge on any atom is 0.252 e. The first-order valence-corrected chi connectivity index (χ1v) is 9.70. The molecule has 4 rings (SSSR count). The Balaban J connectivity index is 1.49. The molecule has 1 fully saturated rings. The maximum atomic E-state index is 12.9. The van der Waals surface area contributed by atoms with Gasteiger partial charge in [-0.2, -0.15) is 0 Å². The van der Waals surface area contributed by atoms with E-state index in [1.807, 2.05) is 42.5 Å². The zero-order chi connectivity index (χ0) is 19.2. The SMILES string of the molecule is O=C(NCCCN1CCOCC1)c1cc(-c2ccncc2)nc2ccccc12. The minimum atomic E-state index is -0.0594. The van der Waals surface area contributed by atoms with Crippen LogP contribution in [0.1, 0.15) is 16.8 Å². The second-order valence-electron chi connectivity index (χ2n) is 6.87. The van der Waals surface area contributed by atoms with Crippen molar-refractivity contribution in [3.63, 3.8) is 0 Å². The molecule has 28 heavy (non-hydrogen) atoms. The van der Waals surface area contributed by atoms with Crippen LogP contribution in [0.5, 0.6) is 0 Å². The number of morpholine rings is 1. The van der Waals surface area contributed by atoms with Gasteiger partial charge in [0.15, 0.2) is 0 Å². The molecule has 1 saturated heterocycles. The molecule has 0 atom stereocenters. The minimum absolute atomic E-state index is 0.0594. The van der Waals surface area contributed by atoms with Gasteiger partial charge in [0, 0.05) is 43.0 Å². The Morgan fingerprint density at radius 3 is 2.71 bits per heavy atom. The summed E-state index contributed by atoms with van der Waals surface area (Å²) < 4.78 is 5.37. The number of rotatable bonds is 6. The highest BCUT2D eigenvalue weighted by atomic mass is 16.5. The summed E-state index contributed by atoms with van der Waals surface area (Å²) in [6.45, 7) is 5.16. The molecule has 1 aromatic carbocycles. The molecule has 0 radical (unpaired) electrons. The van der Waals surface area contributed by atoms with Gasteiger partial charge in [-0.05, 0) is 37.2 Å². The highest BCUT2D eigenvalue weighted by Crippen LogP contribution is 2.24. The van der Waals surface area contributed by atoms with Crippen molar-refractivity contribution in [2.45, 2.75) is 6.42 Å². The lowest BCUT2D eigenvalue weighted by Gasteiger charge is -2.26. The Hall–Kier alpha value is -2.83. The van der Waals surface area contributed by atoms with Crippen LogP contribution in [0.2, 0.25) is 0 Å². The summed E-state index contributed by atoms with van der Waals surface area (Å²) in [5, 5.41) is 3.94. The van der Waals surface area contributed by atoms with Crippen LogP contribution in [0.25, 0.3) is 22.2 Å². The predicted octanol–water partition coefficient (Wildman–Crippen LogP) is 2.75. The molecule has 0 bridgehead atoms. The second-order valence-corrected chi connectivity index (χ2v) is 6.87. The molecule has 1 aliphatic rings. The number of carbonyl (C=O) groups is 1. The Labute approximate surface area is 164 Å². The van der Waals surface area contributed by atoms with E-state index in [9.17, 15) is 4.79 Å². The number of hydrogen-bond donors (Lipinski definition) is 1. The van der Waals surface area contributed by atoms with Crippen molar-refractivity contribution in [2.75, 3.05) is 39.4 Å². The number of ether oxygens (including phenoxy) is 1. The number of hydrogen-bond acceptors (Lipinski definition) is 5. The van der Waals surface area contributed by atoms with Crippen molar-refractivity contribution in [3.8, 4) is 11.3 Å². The van der Waals surface area contributed by atoms with E-state index in [1.54, 1.807) is 12.4 Å². The Morgan fingerprint density at radius 1 is 1.11 bits per heavy atom. The van der Waals surface area contributed by atoms with Gasteiger partial charge >= 0.3 is 0 Å². The lowest BCUT2D eigenvalue weighted by atomic mass is 10.0. The van der Waals surface area contributed by atoms with Crippen LogP contribution in [-0.2, 0) is 4.74 Å². The zero-order valence-electron chi connectivity index (χ0n) is 15.8. The summed E-state index contributed by atoms with van der Waals surface area (Å²) in [5.74, 6) is -0.0594. The summed E-state index contributed by atoms with van der Waals surface area (Å²) in [6, 6.07) is 13.4. The van der Waals surface area contributed by atoms with E-state index in [1.165, 1.54) is 0 Å². The van der Waals surface area contributed by atoms with Crippen molar-refractivity contribution in [3.05, 3.63) is 60.4 Å². The van der Waals surface area contributed by atoms with Gasteiger partial charge in [0.1, 0.15) is 0 Å². The fraction of sp³-hybridized carbons (Fsp3) is 0.318. The number of nitrogens with one attached hydrogen (secondary N) is 1. The molecule has 3 heterocycles. The third-order valence-electron chi connectivity index (χ3n) is 4.98. The van der Waals surface area contributed by atoms with Crippen LogP contribution in [0, 0.1) is 0 Å². The van der Waals surface area contributed by atoms with Gasteiger partial charge in [-0.3, -0.25) is 14.7 Å². The van der Waals surface area contributed by atoms with Gasteiger partial charge in [0.25, 0.3) is 5.91 Å².